The number of aliphatic hydroxyl groups is 5. The molecule has 1 aromatic rings. The van der Waals surface area contributed by atoms with Gasteiger partial charge >= 0.3 is 5.97 Å². The largest absolute Gasteiger partial charge is 0.436 e. The fourth-order valence-electron chi connectivity index (χ4n) is 2.11. The van der Waals surface area contributed by atoms with E-state index in [2.05, 4.69) is 6.58 Å². The molecule has 1 saturated heterocycles. The predicted octanol–water partition coefficient (Wildman–Crippen LogP) is -1.17. The standard InChI is InChI=1S/C14H18O7/c1-2-8-5-3-4-6-9(8)20-14(19)13(18)12(17)11(16)10(7-15)21-14/h2-6,10-13,15-19H,1,7H2/t10-,11-,12+,13-,14-/m1/s1. The van der Waals surface area contributed by atoms with Crippen LogP contribution < -0.4 is 4.74 Å². The van der Waals surface area contributed by atoms with E-state index in [0.29, 0.717) is 5.56 Å². The summed E-state index contributed by atoms with van der Waals surface area (Å²) in [6.07, 6.45) is -5.04. The summed E-state index contributed by atoms with van der Waals surface area (Å²) in [4.78, 5) is 0. The summed E-state index contributed by atoms with van der Waals surface area (Å²) < 4.78 is 10.3. The fraction of sp³-hybridized carbons (Fsp3) is 0.429. The maximum absolute atomic E-state index is 10.3. The zero-order valence-corrected chi connectivity index (χ0v) is 11.2. The van der Waals surface area contributed by atoms with Crippen molar-refractivity contribution in [2.45, 2.75) is 30.4 Å². The van der Waals surface area contributed by atoms with Crippen molar-refractivity contribution in [3.05, 3.63) is 36.4 Å². The van der Waals surface area contributed by atoms with Crippen molar-refractivity contribution < 1.29 is 35.0 Å². The number of benzene rings is 1. The number of para-hydroxylation sites is 1. The minimum absolute atomic E-state index is 0.161. The highest BCUT2D eigenvalue weighted by Crippen LogP contribution is 2.32. The molecule has 0 aromatic heterocycles. The third-order valence-electron chi connectivity index (χ3n) is 3.32. The Balaban J connectivity index is 2.29. The van der Waals surface area contributed by atoms with E-state index in [0.717, 1.165) is 0 Å². The van der Waals surface area contributed by atoms with Gasteiger partial charge in [0.05, 0.1) is 6.61 Å². The number of ether oxygens (including phenoxy) is 2. The fourth-order valence-corrected chi connectivity index (χ4v) is 2.11. The average Bonchev–Trinajstić information content (AvgIpc) is 2.49. The van der Waals surface area contributed by atoms with Crippen LogP contribution in [0.2, 0.25) is 0 Å². The van der Waals surface area contributed by atoms with E-state index in [9.17, 15) is 20.4 Å². The van der Waals surface area contributed by atoms with Crippen LogP contribution in [-0.2, 0) is 4.74 Å². The third kappa shape index (κ3) is 2.93. The van der Waals surface area contributed by atoms with Crippen molar-refractivity contribution >= 4 is 6.08 Å². The Hall–Kier alpha value is -1.48. The lowest BCUT2D eigenvalue weighted by atomic mass is 9.98. The van der Waals surface area contributed by atoms with Gasteiger partial charge in [-0.15, -0.1) is 0 Å². The summed E-state index contributed by atoms with van der Waals surface area (Å²) in [5, 5.41) is 48.6. The topological polar surface area (TPSA) is 120 Å². The second-order valence-corrected chi connectivity index (χ2v) is 4.74. The molecule has 2 rings (SSSR count). The molecule has 0 radical (unpaired) electrons. The maximum Gasteiger partial charge on any atom is 0.355 e. The van der Waals surface area contributed by atoms with Gasteiger partial charge < -0.3 is 35.0 Å². The molecule has 7 nitrogen and oxygen atoms in total. The molecule has 0 unspecified atom stereocenters. The lowest BCUT2D eigenvalue weighted by molar-refractivity contribution is -0.422. The van der Waals surface area contributed by atoms with E-state index in [1.54, 1.807) is 18.2 Å². The summed E-state index contributed by atoms with van der Waals surface area (Å²) in [5.41, 5.74) is 0.530. The van der Waals surface area contributed by atoms with Gasteiger partial charge in [0.2, 0.25) is 0 Å². The predicted molar refractivity (Wildman–Crippen MR) is 72.1 cm³/mol. The lowest BCUT2D eigenvalue weighted by Gasteiger charge is -2.44. The number of hydrogen-bond acceptors (Lipinski definition) is 7. The first kappa shape index (κ1) is 15.9. The van der Waals surface area contributed by atoms with Crippen LogP contribution >= 0.6 is 0 Å². The Labute approximate surface area is 121 Å². The van der Waals surface area contributed by atoms with Crippen LogP contribution in [-0.4, -0.2) is 62.5 Å². The molecular formula is C14H18O7. The van der Waals surface area contributed by atoms with Crippen LogP contribution in [0, 0.1) is 0 Å². The summed E-state index contributed by atoms with van der Waals surface area (Å²) in [6, 6.07) is 6.53. The Bertz CT molecular complexity index is 504. The number of rotatable bonds is 4. The van der Waals surface area contributed by atoms with E-state index < -0.39 is 37.0 Å². The van der Waals surface area contributed by atoms with Crippen LogP contribution in [0.1, 0.15) is 5.56 Å². The first-order chi connectivity index (χ1) is 9.92. The highest BCUT2D eigenvalue weighted by molar-refractivity contribution is 5.55. The van der Waals surface area contributed by atoms with E-state index in [1.807, 2.05) is 0 Å². The molecule has 1 fully saturated rings. The molecule has 0 bridgehead atoms. The smallest absolute Gasteiger partial charge is 0.355 e. The molecule has 5 atom stereocenters. The SMILES string of the molecule is C=Cc1ccccc1O[C@@]1(O)O[C@H](CO)[C@@H](O)[C@H](O)[C@H]1O. The first-order valence-electron chi connectivity index (χ1n) is 6.38. The summed E-state index contributed by atoms with van der Waals surface area (Å²) >= 11 is 0. The van der Waals surface area contributed by atoms with Gasteiger partial charge in [0.15, 0.2) is 6.10 Å². The normalized spacial score (nSPS) is 36.2. The van der Waals surface area contributed by atoms with Crippen LogP contribution in [0.5, 0.6) is 5.75 Å². The van der Waals surface area contributed by atoms with Gasteiger partial charge in [-0.05, 0) is 6.07 Å². The highest BCUT2D eigenvalue weighted by Gasteiger charge is 2.55. The van der Waals surface area contributed by atoms with Crippen molar-refractivity contribution in [3.8, 4) is 5.75 Å². The molecule has 0 saturated carbocycles. The highest BCUT2D eigenvalue weighted by atomic mass is 16.8. The summed E-state index contributed by atoms with van der Waals surface area (Å²) in [6.45, 7) is 2.92. The monoisotopic (exact) mass is 298 g/mol. The van der Waals surface area contributed by atoms with E-state index in [-0.39, 0.29) is 5.75 Å². The minimum Gasteiger partial charge on any atom is -0.436 e. The second kappa shape index (κ2) is 6.10. The second-order valence-electron chi connectivity index (χ2n) is 4.74. The molecule has 1 heterocycles. The van der Waals surface area contributed by atoms with Crippen LogP contribution in [0.15, 0.2) is 30.8 Å². The molecule has 116 valence electrons. The molecular weight excluding hydrogens is 280 g/mol. The Morgan fingerprint density at radius 1 is 1.24 bits per heavy atom. The first-order valence-corrected chi connectivity index (χ1v) is 6.38. The van der Waals surface area contributed by atoms with Gasteiger partial charge in [-0.1, -0.05) is 30.9 Å². The van der Waals surface area contributed by atoms with Crippen LogP contribution in [0.4, 0.5) is 0 Å². The van der Waals surface area contributed by atoms with Crippen LogP contribution in [0.3, 0.4) is 0 Å². The van der Waals surface area contributed by atoms with Crippen LogP contribution in [0.25, 0.3) is 6.08 Å². The van der Waals surface area contributed by atoms with Crippen molar-refractivity contribution in [2.24, 2.45) is 0 Å². The van der Waals surface area contributed by atoms with E-state index >= 15 is 0 Å². The van der Waals surface area contributed by atoms with Gasteiger partial charge in [0, 0.05) is 5.56 Å². The zero-order valence-electron chi connectivity index (χ0n) is 11.2. The molecule has 1 aliphatic heterocycles. The molecule has 0 amide bonds. The van der Waals surface area contributed by atoms with Gasteiger partial charge in [0.25, 0.3) is 0 Å². The molecule has 7 heteroatoms. The van der Waals surface area contributed by atoms with Crippen molar-refractivity contribution in [1.82, 2.24) is 0 Å². The van der Waals surface area contributed by atoms with Crippen molar-refractivity contribution in [1.29, 1.82) is 0 Å². The van der Waals surface area contributed by atoms with Gasteiger partial charge in [-0.2, -0.15) is 0 Å². The van der Waals surface area contributed by atoms with E-state index in [1.165, 1.54) is 12.1 Å². The van der Waals surface area contributed by atoms with Gasteiger partial charge in [-0.25, -0.2) is 0 Å². The molecule has 0 spiro atoms. The van der Waals surface area contributed by atoms with Crippen molar-refractivity contribution in [2.75, 3.05) is 6.61 Å². The molecule has 5 N–H and O–H groups in total. The molecule has 1 aromatic carbocycles. The third-order valence-corrected chi connectivity index (χ3v) is 3.32. The molecule has 0 aliphatic carbocycles. The zero-order chi connectivity index (χ0) is 15.6. The Kier molecular flexibility index (Phi) is 4.62. The molecule has 21 heavy (non-hydrogen) atoms. The summed E-state index contributed by atoms with van der Waals surface area (Å²) in [5.74, 6) is -2.44. The minimum atomic E-state index is -2.61. The maximum atomic E-state index is 10.3. The summed E-state index contributed by atoms with van der Waals surface area (Å²) in [7, 11) is 0. The lowest BCUT2D eigenvalue weighted by Crippen LogP contribution is -2.67. The Morgan fingerprint density at radius 3 is 2.52 bits per heavy atom. The van der Waals surface area contributed by atoms with E-state index in [4.69, 9.17) is 14.6 Å². The quantitative estimate of drug-likeness (QED) is 0.444. The number of aliphatic hydroxyl groups excluding tert-OH is 4. The van der Waals surface area contributed by atoms with Gasteiger partial charge in [0.1, 0.15) is 24.1 Å². The number of hydrogen-bond donors (Lipinski definition) is 5. The average molecular weight is 298 g/mol. The van der Waals surface area contributed by atoms with Gasteiger partial charge in [-0.3, -0.25) is 0 Å². The Morgan fingerprint density at radius 2 is 1.90 bits per heavy atom. The molecule has 1 aliphatic rings. The van der Waals surface area contributed by atoms with Crippen molar-refractivity contribution in [3.63, 3.8) is 0 Å².